The van der Waals surface area contributed by atoms with Crippen LogP contribution in [0.2, 0.25) is 13.1 Å². The first-order chi connectivity index (χ1) is 4.52. The summed E-state index contributed by atoms with van der Waals surface area (Å²) in [7, 11) is -1.25. The molecule has 0 amide bonds. The van der Waals surface area contributed by atoms with Crippen molar-refractivity contribution in [3.8, 4) is 0 Å². The average Bonchev–Trinajstić information content (AvgIpc) is 1.87. The van der Waals surface area contributed by atoms with E-state index in [1.165, 1.54) is 6.42 Å². The molecule has 0 spiro atoms. The molecule has 1 N–H and O–H groups in total. The van der Waals surface area contributed by atoms with Crippen molar-refractivity contribution in [2.75, 3.05) is 0 Å². The lowest BCUT2D eigenvalue weighted by atomic mass is 10.3. The smallest absolute Gasteiger partial charge is 0.143 e. The number of hydrogen-bond acceptors (Lipinski definition) is 1. The molecule has 0 bridgehead atoms. The van der Waals surface area contributed by atoms with E-state index < -0.39 is 8.24 Å². The monoisotopic (exact) mass is 157 g/mol. The van der Waals surface area contributed by atoms with Crippen LogP contribution in [0.15, 0.2) is 12.3 Å². The van der Waals surface area contributed by atoms with Gasteiger partial charge in [-0.05, 0) is 12.5 Å². The third kappa shape index (κ3) is 3.85. The van der Waals surface area contributed by atoms with E-state index in [0.717, 1.165) is 0 Å². The van der Waals surface area contributed by atoms with Crippen LogP contribution in [0.3, 0.4) is 0 Å². The van der Waals surface area contributed by atoms with Crippen LogP contribution in [0.5, 0.6) is 0 Å². The van der Waals surface area contributed by atoms with Gasteiger partial charge in [-0.25, -0.2) is 0 Å². The summed E-state index contributed by atoms with van der Waals surface area (Å²) in [4.78, 5) is 3.58. The third-order valence-electron chi connectivity index (χ3n) is 1.74. The molecule has 1 unspecified atom stereocenters. The van der Waals surface area contributed by atoms with Crippen molar-refractivity contribution < 1.29 is 0 Å². The topological polar surface area (TPSA) is 12.0 Å². The summed E-state index contributed by atoms with van der Waals surface area (Å²) in [5, 5.41) is 0. The van der Waals surface area contributed by atoms with Crippen LogP contribution >= 0.6 is 0 Å². The fourth-order valence-corrected chi connectivity index (χ4v) is 2.39. The molecule has 0 aliphatic carbocycles. The van der Waals surface area contributed by atoms with E-state index >= 15 is 0 Å². The fraction of sp³-hybridized carbons (Fsp3) is 0.750. The highest BCUT2D eigenvalue weighted by Crippen LogP contribution is 2.00. The van der Waals surface area contributed by atoms with Crippen LogP contribution in [0, 0.1) is 0 Å². The zero-order valence-electron chi connectivity index (χ0n) is 7.57. The lowest BCUT2D eigenvalue weighted by molar-refractivity contribution is 0.645. The largest absolute Gasteiger partial charge is 0.332 e. The Morgan fingerprint density at radius 3 is 2.40 bits per heavy atom. The SMILES string of the molecule is C=C[Si](C)(C)NC(C)CC. The number of hydrogen-bond donors (Lipinski definition) is 1. The van der Waals surface area contributed by atoms with E-state index in [2.05, 4.69) is 44.2 Å². The van der Waals surface area contributed by atoms with Crippen LogP contribution in [0.25, 0.3) is 0 Å². The van der Waals surface area contributed by atoms with Gasteiger partial charge in [0.25, 0.3) is 0 Å². The van der Waals surface area contributed by atoms with Crippen LogP contribution in [-0.2, 0) is 0 Å². The molecular weight excluding hydrogens is 138 g/mol. The predicted octanol–water partition coefficient (Wildman–Crippen LogP) is 2.30. The van der Waals surface area contributed by atoms with Gasteiger partial charge in [0.05, 0.1) is 0 Å². The molecule has 2 heteroatoms. The van der Waals surface area contributed by atoms with Gasteiger partial charge in [-0.15, -0.1) is 6.58 Å². The maximum absolute atomic E-state index is 3.82. The quantitative estimate of drug-likeness (QED) is 0.618. The molecular formula is C8H19NSi. The molecule has 0 aromatic rings. The molecule has 60 valence electrons. The molecule has 0 aromatic carbocycles. The highest BCUT2D eigenvalue weighted by molar-refractivity contribution is 6.79. The summed E-state index contributed by atoms with van der Waals surface area (Å²) >= 11 is 0. The number of rotatable bonds is 4. The van der Waals surface area contributed by atoms with Crippen molar-refractivity contribution in [3.63, 3.8) is 0 Å². The van der Waals surface area contributed by atoms with Crippen molar-refractivity contribution in [1.29, 1.82) is 0 Å². The summed E-state index contributed by atoms with van der Waals surface area (Å²) in [6, 6.07) is 0.639. The lowest BCUT2D eigenvalue weighted by Crippen LogP contribution is -2.47. The average molecular weight is 157 g/mol. The van der Waals surface area contributed by atoms with Crippen molar-refractivity contribution in [1.82, 2.24) is 4.98 Å². The lowest BCUT2D eigenvalue weighted by Gasteiger charge is -2.23. The highest BCUT2D eigenvalue weighted by Gasteiger charge is 2.16. The first kappa shape index (κ1) is 9.92. The Balaban J connectivity index is 3.75. The maximum atomic E-state index is 3.82. The molecule has 10 heavy (non-hydrogen) atoms. The molecule has 0 heterocycles. The van der Waals surface area contributed by atoms with Gasteiger partial charge in [0, 0.05) is 0 Å². The second-order valence-electron chi connectivity index (χ2n) is 3.38. The third-order valence-corrected chi connectivity index (χ3v) is 4.00. The molecule has 0 fully saturated rings. The Morgan fingerprint density at radius 1 is 1.60 bits per heavy atom. The molecule has 0 saturated heterocycles. The van der Waals surface area contributed by atoms with E-state index in [-0.39, 0.29) is 0 Å². The second kappa shape index (κ2) is 3.94. The normalized spacial score (nSPS) is 14.8. The van der Waals surface area contributed by atoms with Gasteiger partial charge in [-0.3, -0.25) is 0 Å². The fourth-order valence-electron chi connectivity index (χ4n) is 0.796. The van der Waals surface area contributed by atoms with Gasteiger partial charge in [-0.1, -0.05) is 32.6 Å². The van der Waals surface area contributed by atoms with E-state index in [1.807, 2.05) is 0 Å². The van der Waals surface area contributed by atoms with E-state index in [0.29, 0.717) is 6.04 Å². The zero-order valence-corrected chi connectivity index (χ0v) is 8.57. The molecule has 0 radical (unpaired) electrons. The Hall–Kier alpha value is -0.0831. The Bertz CT molecular complexity index is 110. The second-order valence-corrected chi connectivity index (χ2v) is 7.52. The summed E-state index contributed by atoms with van der Waals surface area (Å²) in [5.41, 5.74) is 2.08. The minimum Gasteiger partial charge on any atom is -0.332 e. The van der Waals surface area contributed by atoms with Gasteiger partial charge < -0.3 is 4.98 Å². The van der Waals surface area contributed by atoms with Crippen LogP contribution in [0.1, 0.15) is 20.3 Å². The summed E-state index contributed by atoms with van der Waals surface area (Å²) in [5.74, 6) is 0. The maximum Gasteiger partial charge on any atom is 0.143 e. The van der Waals surface area contributed by atoms with Crippen LogP contribution < -0.4 is 4.98 Å². The van der Waals surface area contributed by atoms with Crippen molar-refractivity contribution in [2.45, 2.75) is 39.4 Å². The van der Waals surface area contributed by atoms with Crippen LogP contribution in [-0.4, -0.2) is 14.3 Å². The van der Waals surface area contributed by atoms with E-state index in [9.17, 15) is 0 Å². The van der Waals surface area contributed by atoms with Gasteiger partial charge >= 0.3 is 0 Å². The van der Waals surface area contributed by atoms with Gasteiger partial charge in [-0.2, -0.15) is 0 Å². The Morgan fingerprint density at radius 2 is 2.10 bits per heavy atom. The first-order valence-corrected chi connectivity index (χ1v) is 7.01. The molecule has 0 rings (SSSR count). The molecule has 0 saturated carbocycles. The van der Waals surface area contributed by atoms with Crippen molar-refractivity contribution in [2.24, 2.45) is 0 Å². The zero-order chi connectivity index (χ0) is 8.20. The Labute approximate surface area is 65.6 Å². The first-order valence-electron chi connectivity index (χ1n) is 3.93. The van der Waals surface area contributed by atoms with Gasteiger partial charge in [0.2, 0.25) is 0 Å². The number of nitrogens with one attached hydrogen (secondary N) is 1. The summed E-state index contributed by atoms with van der Waals surface area (Å²) < 4.78 is 0. The Kier molecular flexibility index (Phi) is 3.90. The standard InChI is InChI=1S/C8H19NSi/c1-6-8(3)9-10(4,5)7-2/h7-9H,2,6H2,1,3-5H3. The molecule has 1 atom stereocenters. The minimum atomic E-state index is -1.25. The molecule has 1 nitrogen and oxygen atoms in total. The summed E-state index contributed by atoms with van der Waals surface area (Å²) in [6.07, 6.45) is 1.20. The summed E-state index contributed by atoms with van der Waals surface area (Å²) in [6.45, 7) is 12.8. The molecule has 0 aliphatic rings. The van der Waals surface area contributed by atoms with Crippen LogP contribution in [0.4, 0.5) is 0 Å². The van der Waals surface area contributed by atoms with E-state index in [4.69, 9.17) is 0 Å². The van der Waals surface area contributed by atoms with Crippen molar-refractivity contribution in [3.05, 3.63) is 12.3 Å². The van der Waals surface area contributed by atoms with E-state index in [1.54, 1.807) is 0 Å². The molecule has 0 aromatic heterocycles. The highest BCUT2D eigenvalue weighted by atomic mass is 28.3. The van der Waals surface area contributed by atoms with Crippen molar-refractivity contribution >= 4 is 8.24 Å². The predicted molar refractivity (Wildman–Crippen MR) is 50.6 cm³/mol. The van der Waals surface area contributed by atoms with Gasteiger partial charge in [0.1, 0.15) is 8.24 Å². The minimum absolute atomic E-state index is 0.639. The van der Waals surface area contributed by atoms with Gasteiger partial charge in [0.15, 0.2) is 0 Å². The molecule has 0 aliphatic heterocycles.